The van der Waals surface area contributed by atoms with Crippen molar-refractivity contribution in [2.75, 3.05) is 26.3 Å². The van der Waals surface area contributed by atoms with Crippen molar-refractivity contribution in [3.8, 4) is 11.6 Å². The SMILES string of the molecule is OCc1ccc(-c2nccn2C[C@@H](c2cccnc2)N2CCOCC2)o1. The molecule has 0 saturated carbocycles. The Labute approximate surface area is 151 Å². The minimum Gasteiger partial charge on any atom is -0.455 e. The molecule has 136 valence electrons. The lowest BCUT2D eigenvalue weighted by atomic mass is 10.1. The van der Waals surface area contributed by atoms with Crippen LogP contribution in [-0.2, 0) is 17.9 Å². The highest BCUT2D eigenvalue weighted by atomic mass is 16.5. The Kier molecular flexibility index (Phi) is 5.10. The first-order valence-corrected chi connectivity index (χ1v) is 8.78. The third kappa shape index (κ3) is 3.55. The van der Waals surface area contributed by atoms with E-state index in [4.69, 9.17) is 9.15 Å². The Morgan fingerprint density at radius 2 is 2.04 bits per heavy atom. The van der Waals surface area contributed by atoms with Crippen molar-refractivity contribution in [3.63, 3.8) is 0 Å². The van der Waals surface area contributed by atoms with Crippen molar-refractivity contribution in [1.82, 2.24) is 19.4 Å². The first-order valence-electron chi connectivity index (χ1n) is 8.78. The summed E-state index contributed by atoms with van der Waals surface area (Å²) in [6.45, 7) is 3.87. The number of furan rings is 1. The smallest absolute Gasteiger partial charge is 0.176 e. The van der Waals surface area contributed by atoms with E-state index in [1.807, 2.05) is 24.5 Å². The molecular formula is C19H22N4O3. The molecule has 3 aromatic heterocycles. The number of hydrogen-bond acceptors (Lipinski definition) is 6. The number of aromatic nitrogens is 3. The summed E-state index contributed by atoms with van der Waals surface area (Å²) in [6.07, 6.45) is 7.45. The molecule has 1 aliphatic rings. The van der Waals surface area contributed by atoms with Crippen LogP contribution >= 0.6 is 0 Å². The van der Waals surface area contributed by atoms with Gasteiger partial charge < -0.3 is 18.8 Å². The molecule has 0 radical (unpaired) electrons. The van der Waals surface area contributed by atoms with E-state index in [1.165, 1.54) is 5.56 Å². The number of ether oxygens (including phenoxy) is 1. The van der Waals surface area contributed by atoms with Gasteiger partial charge in [-0.3, -0.25) is 9.88 Å². The van der Waals surface area contributed by atoms with Gasteiger partial charge in [0.05, 0.1) is 19.3 Å². The predicted molar refractivity (Wildman–Crippen MR) is 95.2 cm³/mol. The van der Waals surface area contributed by atoms with Gasteiger partial charge in [0, 0.05) is 44.4 Å². The number of morpholine rings is 1. The van der Waals surface area contributed by atoms with Crippen molar-refractivity contribution in [1.29, 1.82) is 0 Å². The molecule has 4 rings (SSSR count). The van der Waals surface area contributed by atoms with Gasteiger partial charge in [-0.05, 0) is 23.8 Å². The number of aliphatic hydroxyl groups is 1. The molecule has 3 aromatic rings. The van der Waals surface area contributed by atoms with Gasteiger partial charge in [0.15, 0.2) is 11.6 Å². The Hall–Kier alpha value is -2.48. The average molecular weight is 354 g/mol. The van der Waals surface area contributed by atoms with Crippen molar-refractivity contribution >= 4 is 0 Å². The molecule has 26 heavy (non-hydrogen) atoms. The fraction of sp³-hybridized carbons (Fsp3) is 0.368. The van der Waals surface area contributed by atoms with Crippen LogP contribution in [0.2, 0.25) is 0 Å². The van der Waals surface area contributed by atoms with E-state index >= 15 is 0 Å². The van der Waals surface area contributed by atoms with Crippen LogP contribution in [0.3, 0.4) is 0 Å². The Morgan fingerprint density at radius 1 is 1.15 bits per heavy atom. The minimum atomic E-state index is -0.118. The maximum atomic E-state index is 9.24. The molecule has 7 nitrogen and oxygen atoms in total. The van der Waals surface area contributed by atoms with Gasteiger partial charge in [0.25, 0.3) is 0 Å². The number of pyridine rings is 1. The highest BCUT2D eigenvalue weighted by Crippen LogP contribution is 2.27. The normalized spacial score (nSPS) is 16.7. The quantitative estimate of drug-likeness (QED) is 0.731. The number of nitrogens with zero attached hydrogens (tertiary/aromatic N) is 4. The van der Waals surface area contributed by atoms with Crippen LogP contribution in [0.1, 0.15) is 17.4 Å². The van der Waals surface area contributed by atoms with Gasteiger partial charge in [-0.25, -0.2) is 4.98 Å². The zero-order chi connectivity index (χ0) is 17.8. The predicted octanol–water partition coefficient (Wildman–Crippen LogP) is 2.10. The third-order valence-electron chi connectivity index (χ3n) is 4.68. The number of imidazole rings is 1. The van der Waals surface area contributed by atoms with Gasteiger partial charge in [0.1, 0.15) is 12.4 Å². The fourth-order valence-corrected chi connectivity index (χ4v) is 3.34. The van der Waals surface area contributed by atoms with Crippen molar-refractivity contribution in [2.24, 2.45) is 0 Å². The second-order valence-electron chi connectivity index (χ2n) is 6.28. The zero-order valence-electron chi connectivity index (χ0n) is 14.5. The maximum Gasteiger partial charge on any atom is 0.176 e. The van der Waals surface area contributed by atoms with E-state index in [9.17, 15) is 5.11 Å². The monoisotopic (exact) mass is 354 g/mol. The highest BCUT2D eigenvalue weighted by Gasteiger charge is 2.24. The van der Waals surface area contributed by atoms with Crippen molar-refractivity contribution in [3.05, 3.63) is 60.4 Å². The maximum absolute atomic E-state index is 9.24. The minimum absolute atomic E-state index is 0.118. The van der Waals surface area contributed by atoms with Crippen LogP contribution in [0.5, 0.6) is 0 Å². The summed E-state index contributed by atoms with van der Waals surface area (Å²) in [5, 5.41) is 9.24. The molecule has 1 aliphatic heterocycles. The van der Waals surface area contributed by atoms with Crippen LogP contribution in [-0.4, -0.2) is 50.8 Å². The molecule has 0 aliphatic carbocycles. The summed E-state index contributed by atoms with van der Waals surface area (Å²) >= 11 is 0. The van der Waals surface area contributed by atoms with Crippen LogP contribution in [0.4, 0.5) is 0 Å². The highest BCUT2D eigenvalue weighted by molar-refractivity contribution is 5.47. The van der Waals surface area contributed by atoms with Crippen LogP contribution < -0.4 is 0 Å². The van der Waals surface area contributed by atoms with E-state index in [0.29, 0.717) is 11.5 Å². The van der Waals surface area contributed by atoms with Crippen molar-refractivity contribution in [2.45, 2.75) is 19.2 Å². The molecule has 4 heterocycles. The van der Waals surface area contributed by atoms with E-state index in [-0.39, 0.29) is 12.6 Å². The summed E-state index contributed by atoms with van der Waals surface area (Å²) in [4.78, 5) is 11.2. The lowest BCUT2D eigenvalue weighted by Crippen LogP contribution is -2.40. The molecular weight excluding hydrogens is 332 g/mol. The lowest BCUT2D eigenvalue weighted by Gasteiger charge is -2.35. The molecule has 7 heteroatoms. The summed E-state index contributed by atoms with van der Waals surface area (Å²) < 4.78 is 13.3. The molecule has 0 amide bonds. The summed E-state index contributed by atoms with van der Waals surface area (Å²) in [5.41, 5.74) is 1.17. The molecule has 1 atom stereocenters. The van der Waals surface area contributed by atoms with Gasteiger partial charge in [-0.1, -0.05) is 6.07 Å². The Balaban J connectivity index is 1.63. The standard InChI is InChI=1S/C19H22N4O3/c24-14-16-3-4-18(26-16)19-21-6-7-23(19)13-17(15-2-1-5-20-12-15)22-8-10-25-11-9-22/h1-7,12,17,24H,8-11,13-14H2/t17-/m0/s1. The fourth-order valence-electron chi connectivity index (χ4n) is 3.34. The van der Waals surface area contributed by atoms with Crippen LogP contribution in [0.25, 0.3) is 11.6 Å². The largest absolute Gasteiger partial charge is 0.455 e. The Bertz CT molecular complexity index is 824. The average Bonchev–Trinajstić information content (AvgIpc) is 3.36. The summed E-state index contributed by atoms with van der Waals surface area (Å²) in [6, 6.07) is 7.87. The van der Waals surface area contributed by atoms with Gasteiger partial charge in [-0.2, -0.15) is 0 Å². The molecule has 1 saturated heterocycles. The Morgan fingerprint density at radius 3 is 2.77 bits per heavy atom. The number of rotatable bonds is 6. The first kappa shape index (κ1) is 17.0. The summed E-state index contributed by atoms with van der Waals surface area (Å²) in [5.74, 6) is 1.95. The topological polar surface area (TPSA) is 76.6 Å². The van der Waals surface area contributed by atoms with Crippen molar-refractivity contribution < 1.29 is 14.3 Å². The molecule has 1 N–H and O–H groups in total. The summed E-state index contributed by atoms with van der Waals surface area (Å²) in [7, 11) is 0. The van der Waals surface area contributed by atoms with E-state index in [0.717, 1.165) is 38.7 Å². The van der Waals surface area contributed by atoms with E-state index < -0.39 is 0 Å². The second kappa shape index (κ2) is 7.82. The second-order valence-corrected chi connectivity index (χ2v) is 6.28. The number of aliphatic hydroxyl groups excluding tert-OH is 1. The van der Waals surface area contributed by atoms with Crippen LogP contribution in [0.15, 0.2) is 53.5 Å². The van der Waals surface area contributed by atoms with Gasteiger partial charge >= 0.3 is 0 Å². The van der Waals surface area contributed by atoms with E-state index in [1.54, 1.807) is 18.5 Å². The first-order chi connectivity index (χ1) is 12.8. The molecule has 1 fully saturated rings. The third-order valence-corrected chi connectivity index (χ3v) is 4.68. The molecule has 0 spiro atoms. The molecule has 0 unspecified atom stereocenters. The van der Waals surface area contributed by atoms with Gasteiger partial charge in [-0.15, -0.1) is 0 Å². The van der Waals surface area contributed by atoms with Crippen LogP contribution in [0, 0.1) is 0 Å². The lowest BCUT2D eigenvalue weighted by molar-refractivity contribution is 0.0123. The zero-order valence-corrected chi connectivity index (χ0v) is 14.5. The van der Waals surface area contributed by atoms with E-state index in [2.05, 4.69) is 25.5 Å². The van der Waals surface area contributed by atoms with Gasteiger partial charge in [0.2, 0.25) is 0 Å². The molecule has 0 aromatic carbocycles. The molecule has 0 bridgehead atoms. The number of hydrogen-bond donors (Lipinski definition) is 1.